The Morgan fingerprint density at radius 3 is 2.60 bits per heavy atom. The normalized spacial score (nSPS) is 12.2. The van der Waals surface area contributed by atoms with Crippen LogP contribution >= 0.6 is 11.3 Å². The summed E-state index contributed by atoms with van der Waals surface area (Å²) in [5.74, 6) is 0. The van der Waals surface area contributed by atoms with Gasteiger partial charge in [-0.15, -0.1) is 11.3 Å². The van der Waals surface area contributed by atoms with E-state index in [0.717, 1.165) is 12.8 Å². The molecule has 0 aliphatic heterocycles. The molecule has 3 aromatic rings. The van der Waals surface area contributed by atoms with Gasteiger partial charge in [-0.2, -0.15) is 0 Å². The lowest BCUT2D eigenvalue weighted by Crippen LogP contribution is -1.88. The third-order valence-corrected chi connectivity index (χ3v) is 5.21. The average molecular weight is 276 g/mol. The molecule has 0 spiro atoms. The Labute approximate surface area is 123 Å². The first-order valence-electron chi connectivity index (χ1n) is 7.15. The predicted molar refractivity (Wildman–Crippen MR) is 87.4 cm³/mol. The van der Waals surface area contributed by atoms with Gasteiger partial charge in [-0.3, -0.25) is 0 Å². The van der Waals surface area contributed by atoms with Gasteiger partial charge < -0.3 is 0 Å². The topological polar surface area (TPSA) is 0 Å². The lowest BCUT2D eigenvalue weighted by atomic mass is 9.98. The Bertz CT molecular complexity index is 780. The lowest BCUT2D eigenvalue weighted by molar-refractivity contribution is 1.15. The zero-order chi connectivity index (χ0) is 13.5. The van der Waals surface area contributed by atoms with Gasteiger partial charge in [-0.1, -0.05) is 49.4 Å². The molecule has 0 radical (unpaired) electrons. The highest BCUT2D eigenvalue weighted by molar-refractivity contribution is 7.13. The predicted octanol–water partition coefficient (Wildman–Crippen LogP) is 5.55. The molecular weight excluding hydrogens is 260 g/mol. The van der Waals surface area contributed by atoms with E-state index in [4.69, 9.17) is 0 Å². The van der Waals surface area contributed by atoms with Gasteiger partial charge in [-0.05, 0) is 57.7 Å². The second-order valence-electron chi connectivity index (χ2n) is 5.29. The maximum Gasteiger partial charge on any atom is 0.0377 e. The van der Waals surface area contributed by atoms with Crippen LogP contribution in [-0.4, -0.2) is 0 Å². The van der Waals surface area contributed by atoms with Gasteiger partial charge >= 0.3 is 0 Å². The van der Waals surface area contributed by atoms with E-state index in [2.05, 4.69) is 60.8 Å². The first kappa shape index (κ1) is 11.9. The van der Waals surface area contributed by atoms with Crippen molar-refractivity contribution in [2.75, 3.05) is 0 Å². The fourth-order valence-corrected chi connectivity index (χ4v) is 4.27. The van der Waals surface area contributed by atoms with Crippen LogP contribution in [0.2, 0.25) is 0 Å². The second kappa shape index (κ2) is 4.60. The van der Waals surface area contributed by atoms with Crippen LogP contribution in [0.1, 0.15) is 23.6 Å². The molecule has 98 valence electrons. The molecule has 0 saturated carbocycles. The molecule has 0 nitrogen and oxygen atoms in total. The van der Waals surface area contributed by atoms with Crippen LogP contribution in [0, 0.1) is 0 Å². The largest absolute Gasteiger partial charge is 0.144 e. The molecule has 2 aromatic carbocycles. The summed E-state index contributed by atoms with van der Waals surface area (Å²) in [6.07, 6.45) is 2.18. The molecule has 0 fully saturated rings. The van der Waals surface area contributed by atoms with Gasteiger partial charge in [0, 0.05) is 4.88 Å². The highest BCUT2D eigenvalue weighted by Gasteiger charge is 2.22. The Hall–Kier alpha value is -1.86. The van der Waals surface area contributed by atoms with Crippen LogP contribution in [0.25, 0.3) is 21.6 Å². The van der Waals surface area contributed by atoms with Crippen molar-refractivity contribution in [3.05, 3.63) is 70.6 Å². The maximum atomic E-state index is 2.29. The van der Waals surface area contributed by atoms with E-state index in [1.165, 1.54) is 38.3 Å². The van der Waals surface area contributed by atoms with Gasteiger partial charge in [0.05, 0.1) is 0 Å². The van der Waals surface area contributed by atoms with Gasteiger partial charge in [0.2, 0.25) is 0 Å². The van der Waals surface area contributed by atoms with Crippen molar-refractivity contribution in [1.82, 2.24) is 0 Å². The minimum atomic E-state index is 1.07. The Kier molecular flexibility index (Phi) is 2.75. The Morgan fingerprint density at radius 2 is 1.70 bits per heavy atom. The van der Waals surface area contributed by atoms with Crippen molar-refractivity contribution in [2.24, 2.45) is 0 Å². The third-order valence-electron chi connectivity index (χ3n) is 4.22. The van der Waals surface area contributed by atoms with Crippen molar-refractivity contribution < 1.29 is 0 Å². The molecule has 0 saturated heterocycles. The van der Waals surface area contributed by atoms with Crippen LogP contribution in [0.5, 0.6) is 0 Å². The number of benzene rings is 2. The smallest absolute Gasteiger partial charge is 0.0377 e. The van der Waals surface area contributed by atoms with E-state index in [9.17, 15) is 0 Å². The lowest BCUT2D eigenvalue weighted by Gasteiger charge is -2.09. The zero-order valence-electron chi connectivity index (χ0n) is 11.5. The minimum absolute atomic E-state index is 1.07. The molecule has 0 N–H and O–H groups in total. The van der Waals surface area contributed by atoms with Crippen molar-refractivity contribution in [2.45, 2.75) is 19.8 Å². The van der Waals surface area contributed by atoms with Crippen LogP contribution in [0.15, 0.2) is 53.9 Å². The molecule has 1 aliphatic rings. The molecule has 4 rings (SSSR count). The number of aryl methyl sites for hydroxylation is 1. The standard InChI is InChI=1S/C19H16S/c1-2-13-10-11-20-19(13)17-9-5-8-16-15-7-4-3-6-14(15)12-18(16)17/h3-11H,2,12H2,1H3. The fourth-order valence-electron chi connectivity index (χ4n) is 3.22. The van der Waals surface area contributed by atoms with Crippen LogP contribution in [0.3, 0.4) is 0 Å². The summed E-state index contributed by atoms with van der Waals surface area (Å²) in [6, 6.07) is 17.8. The van der Waals surface area contributed by atoms with Gasteiger partial charge in [0.15, 0.2) is 0 Å². The monoisotopic (exact) mass is 276 g/mol. The number of hydrogen-bond acceptors (Lipinski definition) is 1. The van der Waals surface area contributed by atoms with E-state index in [1.54, 1.807) is 0 Å². The van der Waals surface area contributed by atoms with E-state index in [0.29, 0.717) is 0 Å². The second-order valence-corrected chi connectivity index (χ2v) is 6.21. The van der Waals surface area contributed by atoms with E-state index >= 15 is 0 Å². The fraction of sp³-hybridized carbons (Fsp3) is 0.158. The molecule has 0 unspecified atom stereocenters. The molecule has 20 heavy (non-hydrogen) atoms. The Morgan fingerprint density at radius 1 is 0.900 bits per heavy atom. The SMILES string of the molecule is CCc1ccsc1-c1cccc2c1Cc1ccccc1-2. The molecular formula is C19H16S. The molecule has 0 bridgehead atoms. The molecule has 1 aromatic heterocycles. The molecule has 0 amide bonds. The summed E-state index contributed by atoms with van der Waals surface area (Å²) in [6.45, 7) is 2.24. The molecule has 0 atom stereocenters. The number of thiophene rings is 1. The van der Waals surface area contributed by atoms with Crippen LogP contribution in [0.4, 0.5) is 0 Å². The maximum absolute atomic E-state index is 2.29. The van der Waals surface area contributed by atoms with E-state index < -0.39 is 0 Å². The molecule has 1 heterocycles. The van der Waals surface area contributed by atoms with Crippen LogP contribution < -0.4 is 0 Å². The van der Waals surface area contributed by atoms with Crippen LogP contribution in [-0.2, 0) is 12.8 Å². The van der Waals surface area contributed by atoms with Gasteiger partial charge in [-0.25, -0.2) is 0 Å². The summed E-state index contributed by atoms with van der Waals surface area (Å²) in [5.41, 5.74) is 8.72. The Balaban J connectivity index is 1.94. The highest BCUT2D eigenvalue weighted by Crippen LogP contribution is 2.43. The van der Waals surface area contributed by atoms with E-state index in [-0.39, 0.29) is 0 Å². The van der Waals surface area contributed by atoms with Crippen molar-refractivity contribution in [3.63, 3.8) is 0 Å². The first-order chi connectivity index (χ1) is 9.88. The molecule has 1 aliphatic carbocycles. The number of rotatable bonds is 2. The van der Waals surface area contributed by atoms with Crippen molar-refractivity contribution >= 4 is 11.3 Å². The van der Waals surface area contributed by atoms with Crippen molar-refractivity contribution in [3.8, 4) is 21.6 Å². The zero-order valence-corrected chi connectivity index (χ0v) is 12.3. The van der Waals surface area contributed by atoms with Crippen molar-refractivity contribution in [1.29, 1.82) is 0 Å². The summed E-state index contributed by atoms with van der Waals surface area (Å²) < 4.78 is 0. The third kappa shape index (κ3) is 1.66. The summed E-state index contributed by atoms with van der Waals surface area (Å²) in [7, 11) is 0. The van der Waals surface area contributed by atoms with E-state index in [1.807, 2.05) is 11.3 Å². The quantitative estimate of drug-likeness (QED) is 0.450. The summed E-state index contributed by atoms with van der Waals surface area (Å²) in [5, 5.41) is 2.22. The first-order valence-corrected chi connectivity index (χ1v) is 8.03. The van der Waals surface area contributed by atoms with Gasteiger partial charge in [0.1, 0.15) is 0 Å². The molecule has 1 heteroatoms. The highest BCUT2D eigenvalue weighted by atomic mass is 32.1. The minimum Gasteiger partial charge on any atom is -0.144 e. The number of fused-ring (bicyclic) bond motifs is 3. The number of hydrogen-bond donors (Lipinski definition) is 0. The average Bonchev–Trinajstić information content (AvgIpc) is 3.10. The van der Waals surface area contributed by atoms with Gasteiger partial charge in [0.25, 0.3) is 0 Å². The summed E-state index contributed by atoms with van der Waals surface area (Å²) in [4.78, 5) is 1.46. The summed E-state index contributed by atoms with van der Waals surface area (Å²) >= 11 is 1.87.